The molecule has 1 atom stereocenters. The zero-order chi connectivity index (χ0) is 10.0. The van der Waals surface area contributed by atoms with Gasteiger partial charge in [-0.15, -0.1) is 0 Å². The van der Waals surface area contributed by atoms with Gasteiger partial charge in [0.15, 0.2) is 0 Å². The van der Waals surface area contributed by atoms with Crippen molar-refractivity contribution in [2.45, 2.75) is 6.04 Å². The molecule has 0 radical (unpaired) electrons. The molecule has 1 aromatic rings. The van der Waals surface area contributed by atoms with Gasteiger partial charge in [-0.3, -0.25) is 0 Å². The first kappa shape index (κ1) is 10.9. The van der Waals surface area contributed by atoms with E-state index in [1.54, 1.807) is 0 Å². The first-order chi connectivity index (χ1) is 6.07. The van der Waals surface area contributed by atoms with Gasteiger partial charge in [0.25, 0.3) is 0 Å². The van der Waals surface area contributed by atoms with Crippen molar-refractivity contribution < 1.29 is 9.50 Å². The number of hydrogen-bond acceptors (Lipinski definition) is 2. The topological polar surface area (TPSA) is 46.2 Å². The Morgan fingerprint density at radius 1 is 1.62 bits per heavy atom. The van der Waals surface area contributed by atoms with E-state index in [-0.39, 0.29) is 21.7 Å². The van der Waals surface area contributed by atoms with Crippen molar-refractivity contribution in [1.82, 2.24) is 0 Å². The van der Waals surface area contributed by atoms with Crippen molar-refractivity contribution >= 4 is 27.5 Å². The van der Waals surface area contributed by atoms with E-state index in [1.165, 1.54) is 12.1 Å². The van der Waals surface area contributed by atoms with Crippen molar-refractivity contribution in [2.24, 2.45) is 5.73 Å². The Labute approximate surface area is 88.6 Å². The molecule has 0 aliphatic heterocycles. The fourth-order valence-electron chi connectivity index (χ4n) is 0.974. The van der Waals surface area contributed by atoms with E-state index < -0.39 is 11.9 Å². The van der Waals surface area contributed by atoms with Crippen molar-refractivity contribution in [2.75, 3.05) is 6.61 Å². The maximum Gasteiger partial charge on any atom is 0.143 e. The van der Waals surface area contributed by atoms with E-state index in [0.717, 1.165) is 0 Å². The number of aliphatic hydroxyl groups is 1. The molecule has 0 amide bonds. The SMILES string of the molecule is NC(CO)c1c(Cl)ccc(Br)c1F. The molecular weight excluding hydrogens is 260 g/mol. The maximum atomic E-state index is 13.4. The summed E-state index contributed by atoms with van der Waals surface area (Å²) in [6.45, 7) is -0.340. The summed E-state index contributed by atoms with van der Waals surface area (Å²) in [6, 6.07) is 2.23. The number of aliphatic hydroxyl groups excluding tert-OH is 1. The normalized spacial score (nSPS) is 13.0. The van der Waals surface area contributed by atoms with Crippen LogP contribution in [0.4, 0.5) is 4.39 Å². The van der Waals surface area contributed by atoms with Crippen LogP contribution in [0.25, 0.3) is 0 Å². The quantitative estimate of drug-likeness (QED) is 0.808. The highest BCUT2D eigenvalue weighted by molar-refractivity contribution is 9.10. The summed E-state index contributed by atoms with van der Waals surface area (Å²) in [7, 11) is 0. The second-order valence-electron chi connectivity index (χ2n) is 2.55. The van der Waals surface area contributed by atoms with Crippen LogP contribution in [-0.4, -0.2) is 11.7 Å². The van der Waals surface area contributed by atoms with Gasteiger partial charge in [-0.25, -0.2) is 4.39 Å². The number of rotatable bonds is 2. The lowest BCUT2D eigenvalue weighted by atomic mass is 10.1. The molecule has 0 aliphatic carbocycles. The molecule has 3 N–H and O–H groups in total. The van der Waals surface area contributed by atoms with E-state index in [4.69, 9.17) is 22.4 Å². The first-order valence-corrected chi connectivity index (χ1v) is 4.75. The predicted molar refractivity (Wildman–Crippen MR) is 53.1 cm³/mol. The van der Waals surface area contributed by atoms with Crippen molar-refractivity contribution in [1.29, 1.82) is 0 Å². The molecule has 0 aromatic heterocycles. The van der Waals surface area contributed by atoms with Gasteiger partial charge in [0.05, 0.1) is 17.1 Å². The van der Waals surface area contributed by atoms with Crippen LogP contribution in [0.1, 0.15) is 11.6 Å². The van der Waals surface area contributed by atoms with Crippen molar-refractivity contribution in [3.8, 4) is 0 Å². The highest BCUT2D eigenvalue weighted by Crippen LogP contribution is 2.29. The Morgan fingerprint density at radius 3 is 2.77 bits per heavy atom. The minimum absolute atomic E-state index is 0.138. The third kappa shape index (κ3) is 2.20. The van der Waals surface area contributed by atoms with E-state index >= 15 is 0 Å². The van der Waals surface area contributed by atoms with Gasteiger partial charge < -0.3 is 10.8 Å². The van der Waals surface area contributed by atoms with Gasteiger partial charge in [0, 0.05) is 10.6 Å². The Bertz CT molecular complexity index is 321. The number of hydrogen-bond donors (Lipinski definition) is 2. The number of halogens is 3. The van der Waals surface area contributed by atoms with Gasteiger partial charge in [-0.1, -0.05) is 11.6 Å². The molecule has 1 rings (SSSR count). The lowest BCUT2D eigenvalue weighted by Crippen LogP contribution is -2.16. The van der Waals surface area contributed by atoms with Gasteiger partial charge in [0.2, 0.25) is 0 Å². The van der Waals surface area contributed by atoms with Crippen molar-refractivity contribution in [3.05, 3.63) is 33.0 Å². The monoisotopic (exact) mass is 267 g/mol. The van der Waals surface area contributed by atoms with Crippen LogP contribution in [0.3, 0.4) is 0 Å². The summed E-state index contributed by atoms with van der Waals surface area (Å²) in [5.74, 6) is -0.519. The first-order valence-electron chi connectivity index (χ1n) is 3.57. The van der Waals surface area contributed by atoms with E-state index in [0.29, 0.717) is 0 Å². The molecule has 0 bridgehead atoms. The predicted octanol–water partition coefficient (Wildman–Crippen LogP) is 2.23. The van der Waals surface area contributed by atoms with E-state index in [9.17, 15) is 4.39 Å². The standard InChI is InChI=1S/C8H8BrClFNO/c9-4-1-2-5(10)7(8(4)11)6(12)3-13/h1-2,6,13H,3,12H2. The summed E-state index contributed by atoms with van der Waals surface area (Å²) in [4.78, 5) is 0. The molecule has 5 heteroatoms. The van der Waals surface area contributed by atoms with E-state index in [2.05, 4.69) is 15.9 Å². The highest BCUT2D eigenvalue weighted by atomic mass is 79.9. The largest absolute Gasteiger partial charge is 0.394 e. The van der Waals surface area contributed by atoms with Crippen LogP contribution < -0.4 is 5.73 Å². The van der Waals surface area contributed by atoms with Gasteiger partial charge in [0.1, 0.15) is 5.82 Å². The Hall–Kier alpha value is -0.160. The van der Waals surface area contributed by atoms with Crippen LogP contribution in [0.15, 0.2) is 16.6 Å². The molecule has 2 nitrogen and oxygen atoms in total. The summed E-state index contributed by atoms with van der Waals surface area (Å²) < 4.78 is 13.7. The average Bonchev–Trinajstić information content (AvgIpc) is 2.12. The molecule has 0 saturated heterocycles. The molecule has 72 valence electrons. The second-order valence-corrected chi connectivity index (χ2v) is 3.81. The molecule has 1 aromatic carbocycles. The van der Waals surface area contributed by atoms with Crippen molar-refractivity contribution in [3.63, 3.8) is 0 Å². The van der Waals surface area contributed by atoms with Crippen LogP contribution in [0.2, 0.25) is 5.02 Å². The minimum Gasteiger partial charge on any atom is -0.394 e. The fourth-order valence-corrected chi connectivity index (χ4v) is 1.61. The summed E-state index contributed by atoms with van der Waals surface area (Å²) in [5, 5.41) is 8.99. The fraction of sp³-hybridized carbons (Fsp3) is 0.250. The smallest absolute Gasteiger partial charge is 0.143 e. The Morgan fingerprint density at radius 2 is 2.23 bits per heavy atom. The van der Waals surface area contributed by atoms with E-state index in [1.807, 2.05) is 0 Å². The zero-order valence-electron chi connectivity index (χ0n) is 6.60. The number of benzene rings is 1. The van der Waals surface area contributed by atoms with Gasteiger partial charge >= 0.3 is 0 Å². The Kier molecular flexibility index (Phi) is 3.67. The molecule has 0 saturated carbocycles. The molecule has 0 fully saturated rings. The molecule has 0 heterocycles. The lowest BCUT2D eigenvalue weighted by molar-refractivity contribution is 0.265. The highest BCUT2D eigenvalue weighted by Gasteiger charge is 2.16. The molecular formula is C8H8BrClFNO. The van der Waals surface area contributed by atoms with Crippen LogP contribution in [0, 0.1) is 5.82 Å². The van der Waals surface area contributed by atoms with Crippen LogP contribution >= 0.6 is 27.5 Å². The van der Waals surface area contributed by atoms with Gasteiger partial charge in [-0.2, -0.15) is 0 Å². The number of nitrogens with two attached hydrogens (primary N) is 1. The summed E-state index contributed by atoms with van der Waals surface area (Å²) in [5.41, 5.74) is 5.61. The van der Waals surface area contributed by atoms with Crippen LogP contribution in [0.5, 0.6) is 0 Å². The minimum atomic E-state index is -0.787. The Balaban J connectivity index is 3.25. The second kappa shape index (κ2) is 4.37. The zero-order valence-corrected chi connectivity index (χ0v) is 8.94. The summed E-state index contributed by atoms with van der Waals surface area (Å²) in [6.07, 6.45) is 0. The molecule has 0 spiro atoms. The average molecular weight is 269 g/mol. The molecule has 13 heavy (non-hydrogen) atoms. The third-order valence-corrected chi connectivity index (χ3v) is 2.59. The van der Waals surface area contributed by atoms with Gasteiger partial charge in [-0.05, 0) is 28.1 Å². The molecule has 1 unspecified atom stereocenters. The summed E-state index contributed by atoms with van der Waals surface area (Å²) >= 11 is 8.73. The third-order valence-electron chi connectivity index (χ3n) is 1.65. The lowest BCUT2D eigenvalue weighted by Gasteiger charge is -2.12. The maximum absolute atomic E-state index is 13.4. The van der Waals surface area contributed by atoms with Crippen LogP contribution in [-0.2, 0) is 0 Å². The molecule has 0 aliphatic rings.